The third kappa shape index (κ3) is 3.10. The van der Waals surface area contributed by atoms with Crippen molar-refractivity contribution >= 4 is 5.97 Å². The van der Waals surface area contributed by atoms with E-state index in [2.05, 4.69) is 4.74 Å². The van der Waals surface area contributed by atoms with E-state index in [0.29, 0.717) is 0 Å². The predicted octanol–water partition coefficient (Wildman–Crippen LogP) is 1.91. The molecule has 1 fully saturated rings. The van der Waals surface area contributed by atoms with Gasteiger partial charge < -0.3 is 5.11 Å². The van der Waals surface area contributed by atoms with E-state index < -0.39 is 24.0 Å². The fourth-order valence-electron chi connectivity index (χ4n) is 2.05. The van der Waals surface area contributed by atoms with Gasteiger partial charge in [0.15, 0.2) is 0 Å². The van der Waals surface area contributed by atoms with E-state index in [-0.39, 0.29) is 18.9 Å². The summed E-state index contributed by atoms with van der Waals surface area (Å²) in [6, 6.07) is 0. The molecule has 7 heteroatoms. The summed E-state index contributed by atoms with van der Waals surface area (Å²) in [5, 5.41) is 9.11. The number of halogens is 3. The topological polar surface area (TPSA) is 49.8 Å². The highest BCUT2D eigenvalue weighted by molar-refractivity contribution is 5.74. The van der Waals surface area contributed by atoms with Crippen molar-refractivity contribution in [1.82, 2.24) is 4.90 Å². The van der Waals surface area contributed by atoms with Gasteiger partial charge in [0.2, 0.25) is 0 Å². The third-order valence-corrected chi connectivity index (χ3v) is 3.50. The summed E-state index contributed by atoms with van der Waals surface area (Å²) in [6.45, 7) is 3.43. The van der Waals surface area contributed by atoms with Crippen LogP contribution >= 0.6 is 0 Å². The summed E-state index contributed by atoms with van der Waals surface area (Å²) in [6.07, 6.45) is -6.18. The maximum absolute atomic E-state index is 12.2. The third-order valence-electron chi connectivity index (χ3n) is 3.50. The van der Waals surface area contributed by atoms with Gasteiger partial charge >= 0.3 is 12.3 Å². The second-order valence-corrected chi connectivity index (χ2v) is 4.79. The van der Waals surface area contributed by atoms with Gasteiger partial charge in [-0.25, -0.2) is 0 Å². The monoisotopic (exact) mass is 255 g/mol. The summed E-state index contributed by atoms with van der Waals surface area (Å²) < 4.78 is 40.4. The Bertz CT molecular complexity index is 308. The zero-order valence-electron chi connectivity index (χ0n) is 9.91. The second kappa shape index (κ2) is 4.45. The number of rotatable bonds is 2. The molecule has 0 aromatic heterocycles. The maximum atomic E-state index is 12.2. The highest BCUT2D eigenvalue weighted by atomic mass is 19.4. The molecule has 1 rings (SSSR count). The zero-order chi connectivity index (χ0) is 13.4. The molecule has 100 valence electrons. The van der Waals surface area contributed by atoms with Gasteiger partial charge in [-0.3, -0.25) is 14.4 Å². The lowest BCUT2D eigenvalue weighted by Gasteiger charge is -2.44. The van der Waals surface area contributed by atoms with Gasteiger partial charge in [-0.1, -0.05) is 6.92 Å². The fraction of sp³-hybridized carbons (Fsp3) is 0.900. The number of piperidine rings is 1. The first kappa shape index (κ1) is 14.2. The number of carbonyl (C=O) groups is 1. The van der Waals surface area contributed by atoms with Crippen molar-refractivity contribution in [2.45, 2.75) is 32.9 Å². The van der Waals surface area contributed by atoms with Gasteiger partial charge in [0, 0.05) is 13.0 Å². The summed E-state index contributed by atoms with van der Waals surface area (Å²) in [5.74, 6) is -1.33. The van der Waals surface area contributed by atoms with Crippen molar-refractivity contribution in [2.24, 2.45) is 11.3 Å². The quantitative estimate of drug-likeness (QED) is 0.819. The van der Waals surface area contributed by atoms with Crippen molar-refractivity contribution in [3.63, 3.8) is 0 Å². The summed E-state index contributed by atoms with van der Waals surface area (Å²) in [4.78, 5) is 12.5. The Kier molecular flexibility index (Phi) is 3.73. The molecule has 1 aliphatic rings. The first-order valence-electron chi connectivity index (χ1n) is 5.24. The lowest BCUT2D eigenvalue weighted by atomic mass is 9.72. The Morgan fingerprint density at radius 1 is 1.53 bits per heavy atom. The fourth-order valence-corrected chi connectivity index (χ4v) is 2.05. The van der Waals surface area contributed by atoms with Crippen LogP contribution in [0.1, 0.15) is 20.3 Å². The SMILES string of the molecule is CC1CN(C)C(OC(F)(F)F)CC1(C)C(=O)O. The van der Waals surface area contributed by atoms with Gasteiger partial charge in [0.1, 0.15) is 6.23 Å². The largest absolute Gasteiger partial charge is 0.524 e. The highest BCUT2D eigenvalue weighted by Crippen LogP contribution is 2.40. The Balaban J connectivity index is 2.84. The number of hydrogen-bond donors (Lipinski definition) is 1. The number of likely N-dealkylation sites (tertiary alicyclic amines) is 1. The molecule has 0 spiro atoms. The lowest BCUT2D eigenvalue weighted by Crippen LogP contribution is -2.54. The molecule has 0 aromatic rings. The van der Waals surface area contributed by atoms with Gasteiger partial charge in [0.25, 0.3) is 0 Å². The minimum atomic E-state index is -4.75. The van der Waals surface area contributed by atoms with Crippen molar-refractivity contribution in [3.8, 4) is 0 Å². The second-order valence-electron chi connectivity index (χ2n) is 4.79. The van der Waals surface area contributed by atoms with Crippen LogP contribution in [0.3, 0.4) is 0 Å². The standard InChI is InChI=1S/C10H16F3NO3/c1-6-5-14(3)7(17-10(11,12)13)4-9(6,2)8(15)16/h6-7H,4-5H2,1-3H3,(H,15,16). The number of carboxylic acids is 1. The molecule has 17 heavy (non-hydrogen) atoms. The molecular formula is C10H16F3NO3. The first-order valence-corrected chi connectivity index (χ1v) is 5.24. The molecule has 0 amide bonds. The summed E-state index contributed by atoms with van der Waals surface area (Å²) in [5.41, 5.74) is -1.19. The molecule has 1 aliphatic heterocycles. The molecule has 1 saturated heterocycles. The molecule has 4 nitrogen and oxygen atoms in total. The van der Waals surface area contributed by atoms with Crippen LogP contribution in [0.2, 0.25) is 0 Å². The Labute approximate surface area is 97.3 Å². The Hall–Kier alpha value is -0.820. The first-order chi connectivity index (χ1) is 7.56. The molecule has 0 radical (unpaired) electrons. The predicted molar refractivity (Wildman–Crippen MR) is 53.1 cm³/mol. The van der Waals surface area contributed by atoms with Gasteiger partial charge in [-0.05, 0) is 19.9 Å². The maximum Gasteiger partial charge on any atom is 0.524 e. The van der Waals surface area contributed by atoms with Crippen LogP contribution in [-0.4, -0.2) is 42.2 Å². The van der Waals surface area contributed by atoms with Gasteiger partial charge in [-0.15, -0.1) is 13.2 Å². The molecule has 0 bridgehead atoms. The molecule has 1 heterocycles. The summed E-state index contributed by atoms with van der Waals surface area (Å²) in [7, 11) is 1.49. The molecule has 0 saturated carbocycles. The van der Waals surface area contributed by atoms with Crippen LogP contribution in [0.15, 0.2) is 0 Å². The number of alkyl halides is 3. The normalized spacial score (nSPS) is 35.9. The van der Waals surface area contributed by atoms with E-state index in [9.17, 15) is 18.0 Å². The van der Waals surface area contributed by atoms with Gasteiger partial charge in [0.05, 0.1) is 5.41 Å². The van der Waals surface area contributed by atoms with Crippen LogP contribution in [-0.2, 0) is 9.53 Å². The Morgan fingerprint density at radius 3 is 2.47 bits per heavy atom. The molecule has 3 atom stereocenters. The molecule has 0 aromatic carbocycles. The molecule has 1 N–H and O–H groups in total. The van der Waals surface area contributed by atoms with E-state index in [1.54, 1.807) is 6.92 Å². The van der Waals surface area contributed by atoms with Crippen LogP contribution in [0, 0.1) is 11.3 Å². The number of aliphatic carboxylic acids is 1. The van der Waals surface area contributed by atoms with E-state index >= 15 is 0 Å². The Morgan fingerprint density at radius 2 is 2.06 bits per heavy atom. The van der Waals surface area contributed by atoms with Crippen LogP contribution in [0.4, 0.5) is 13.2 Å². The minimum Gasteiger partial charge on any atom is -0.481 e. The number of hydrogen-bond acceptors (Lipinski definition) is 3. The lowest BCUT2D eigenvalue weighted by molar-refractivity contribution is -0.366. The van der Waals surface area contributed by atoms with Gasteiger partial charge in [-0.2, -0.15) is 0 Å². The van der Waals surface area contributed by atoms with E-state index in [1.807, 2.05) is 0 Å². The molecule has 0 aliphatic carbocycles. The van der Waals surface area contributed by atoms with Crippen LogP contribution < -0.4 is 0 Å². The van der Waals surface area contributed by atoms with Crippen molar-refractivity contribution in [2.75, 3.05) is 13.6 Å². The van der Waals surface area contributed by atoms with E-state index in [1.165, 1.54) is 18.9 Å². The smallest absolute Gasteiger partial charge is 0.481 e. The van der Waals surface area contributed by atoms with Crippen molar-refractivity contribution in [1.29, 1.82) is 0 Å². The average Bonchev–Trinajstić information content (AvgIpc) is 2.11. The van der Waals surface area contributed by atoms with E-state index in [0.717, 1.165) is 0 Å². The van der Waals surface area contributed by atoms with Crippen molar-refractivity contribution < 1.29 is 27.8 Å². The number of ether oxygens (including phenoxy) is 1. The minimum absolute atomic E-state index is 0.181. The van der Waals surface area contributed by atoms with E-state index in [4.69, 9.17) is 5.11 Å². The molecular weight excluding hydrogens is 239 g/mol. The average molecular weight is 255 g/mol. The van der Waals surface area contributed by atoms with Crippen LogP contribution in [0.5, 0.6) is 0 Å². The summed E-state index contributed by atoms with van der Waals surface area (Å²) >= 11 is 0. The number of carboxylic acid groups (broad SMARTS) is 1. The zero-order valence-corrected chi connectivity index (χ0v) is 9.91. The van der Waals surface area contributed by atoms with Crippen LogP contribution in [0.25, 0.3) is 0 Å². The highest BCUT2D eigenvalue weighted by Gasteiger charge is 2.49. The van der Waals surface area contributed by atoms with Crippen molar-refractivity contribution in [3.05, 3.63) is 0 Å². The molecule has 3 unspecified atom stereocenters. The number of nitrogens with zero attached hydrogens (tertiary/aromatic N) is 1.